The number of nitrogens with one attached hydrogen (secondary N) is 1. The maximum absolute atomic E-state index is 11.0. The number of rotatable bonds is 2. The van der Waals surface area contributed by atoms with Gasteiger partial charge in [0.05, 0.1) is 6.20 Å². The molecule has 0 fully saturated rings. The van der Waals surface area contributed by atoms with Crippen molar-refractivity contribution in [2.45, 2.75) is 6.92 Å². The van der Waals surface area contributed by atoms with Gasteiger partial charge in [0.1, 0.15) is 5.69 Å². The summed E-state index contributed by atoms with van der Waals surface area (Å²) in [5.41, 5.74) is 0.356. The number of halogens is 1. The highest BCUT2D eigenvalue weighted by atomic mass is 79.9. The molecule has 0 aromatic carbocycles. The van der Waals surface area contributed by atoms with Crippen molar-refractivity contribution < 1.29 is 4.79 Å². The first-order valence-electron chi connectivity index (χ1n) is 3.76. The zero-order chi connectivity index (χ0) is 10.1. The highest BCUT2D eigenvalue weighted by Crippen LogP contribution is 1.88. The van der Waals surface area contributed by atoms with E-state index in [0.717, 1.165) is 0 Å². The van der Waals surface area contributed by atoms with E-state index >= 15 is 0 Å². The lowest BCUT2D eigenvalue weighted by Crippen LogP contribution is -2.23. The summed E-state index contributed by atoms with van der Waals surface area (Å²) in [5, 5.41) is 2.62. The lowest BCUT2D eigenvalue weighted by atomic mass is 10.4. The van der Waals surface area contributed by atoms with E-state index in [4.69, 9.17) is 0 Å². The number of carbonyl (C=O) groups excluding carboxylic acids is 1. The van der Waals surface area contributed by atoms with Gasteiger partial charge in [0.2, 0.25) is 0 Å². The fourth-order valence-corrected chi connectivity index (χ4v) is 0.667. The average molecular weight is 246 g/mol. The summed E-state index contributed by atoms with van der Waals surface area (Å²) in [6.07, 6.45) is 4.46. The molecule has 0 aliphatic carbocycles. The minimum atomic E-state index is -0.180. The third-order valence-electron chi connectivity index (χ3n) is 1.13. The summed E-state index contributed by atoms with van der Waals surface area (Å²) in [6.45, 7) is 2.46. The van der Waals surface area contributed by atoms with Crippen molar-refractivity contribution in [1.29, 1.82) is 0 Å². The monoisotopic (exact) mass is 245 g/mol. The van der Waals surface area contributed by atoms with Crippen molar-refractivity contribution in [2.24, 2.45) is 0 Å². The van der Waals surface area contributed by atoms with E-state index in [-0.39, 0.29) is 5.91 Å². The van der Waals surface area contributed by atoms with Crippen molar-refractivity contribution in [2.75, 3.05) is 12.4 Å². The lowest BCUT2D eigenvalue weighted by Gasteiger charge is -1.98. The fourth-order valence-electron chi connectivity index (χ4n) is 0.667. The Labute approximate surface area is 85.9 Å². The van der Waals surface area contributed by atoms with Crippen LogP contribution in [0, 0.1) is 0 Å². The molecule has 0 spiro atoms. The molecular formula is C8H12BrN3O. The summed E-state index contributed by atoms with van der Waals surface area (Å²) in [7, 11) is 0. The smallest absolute Gasteiger partial charge is 0.271 e. The molecule has 0 saturated carbocycles. The number of aromatic nitrogens is 2. The van der Waals surface area contributed by atoms with Crippen LogP contribution in [0.1, 0.15) is 17.4 Å². The number of hydrogen-bond donors (Lipinski definition) is 1. The molecule has 0 unspecified atom stereocenters. The Kier molecular flexibility index (Phi) is 7.10. The number of hydrogen-bond acceptors (Lipinski definition) is 3. The average Bonchev–Trinajstić information content (AvgIpc) is 2.23. The molecule has 1 heterocycles. The Hall–Kier alpha value is -0.970. The Morgan fingerprint density at radius 2 is 2.23 bits per heavy atom. The predicted octanol–water partition coefficient (Wildman–Crippen LogP) is 1.24. The minimum Gasteiger partial charge on any atom is -0.351 e. The van der Waals surface area contributed by atoms with E-state index in [1.54, 1.807) is 0 Å². The van der Waals surface area contributed by atoms with Crippen LogP contribution in [0.4, 0.5) is 0 Å². The largest absolute Gasteiger partial charge is 0.351 e. The van der Waals surface area contributed by atoms with Gasteiger partial charge in [0.15, 0.2) is 0 Å². The van der Waals surface area contributed by atoms with Gasteiger partial charge in [-0.1, -0.05) is 15.9 Å². The maximum atomic E-state index is 11.0. The van der Waals surface area contributed by atoms with Crippen LogP contribution in [0.3, 0.4) is 0 Å². The SMILES string of the molecule is CBr.CCNC(=O)c1cnccn1. The molecule has 1 N–H and O–H groups in total. The van der Waals surface area contributed by atoms with Crippen molar-refractivity contribution >= 4 is 21.8 Å². The van der Waals surface area contributed by atoms with Gasteiger partial charge in [0, 0.05) is 18.9 Å². The third-order valence-corrected chi connectivity index (χ3v) is 1.13. The van der Waals surface area contributed by atoms with E-state index in [2.05, 4.69) is 31.2 Å². The van der Waals surface area contributed by atoms with Gasteiger partial charge in [-0.15, -0.1) is 0 Å². The molecule has 0 saturated heterocycles. The number of alkyl halides is 1. The van der Waals surface area contributed by atoms with Crippen molar-refractivity contribution in [1.82, 2.24) is 15.3 Å². The first-order valence-corrected chi connectivity index (χ1v) is 5.35. The zero-order valence-electron chi connectivity index (χ0n) is 7.62. The topological polar surface area (TPSA) is 54.9 Å². The summed E-state index contributed by atoms with van der Waals surface area (Å²) >= 11 is 2.94. The Morgan fingerprint density at radius 3 is 2.69 bits per heavy atom. The molecule has 1 aromatic heterocycles. The molecular weight excluding hydrogens is 234 g/mol. The third kappa shape index (κ3) is 4.57. The van der Waals surface area contributed by atoms with Crippen molar-refractivity contribution in [3.05, 3.63) is 24.3 Å². The molecule has 1 aromatic rings. The molecule has 0 radical (unpaired) electrons. The summed E-state index contributed by atoms with van der Waals surface area (Å²) in [4.78, 5) is 18.6. The van der Waals surface area contributed by atoms with E-state index in [1.165, 1.54) is 18.6 Å². The van der Waals surface area contributed by atoms with Gasteiger partial charge in [-0.3, -0.25) is 9.78 Å². The molecule has 72 valence electrons. The summed E-state index contributed by atoms with van der Waals surface area (Å²) < 4.78 is 0. The first-order chi connectivity index (χ1) is 6.34. The molecule has 0 aliphatic rings. The second-order valence-electron chi connectivity index (χ2n) is 1.95. The van der Waals surface area contributed by atoms with Crippen LogP contribution in [0.2, 0.25) is 0 Å². The van der Waals surface area contributed by atoms with E-state index in [1.807, 2.05) is 12.8 Å². The normalized spacial score (nSPS) is 8.23. The van der Waals surface area contributed by atoms with Gasteiger partial charge in [-0.25, -0.2) is 4.98 Å². The van der Waals surface area contributed by atoms with Crippen LogP contribution < -0.4 is 5.32 Å². The number of amides is 1. The molecule has 1 amide bonds. The zero-order valence-corrected chi connectivity index (χ0v) is 9.21. The first kappa shape index (κ1) is 12.0. The predicted molar refractivity (Wildman–Crippen MR) is 54.9 cm³/mol. The molecule has 0 bridgehead atoms. The number of carbonyl (C=O) groups is 1. The van der Waals surface area contributed by atoms with Gasteiger partial charge >= 0.3 is 0 Å². The van der Waals surface area contributed by atoms with Gasteiger partial charge < -0.3 is 5.32 Å². The molecule has 1 rings (SSSR count). The van der Waals surface area contributed by atoms with Crippen LogP contribution in [-0.4, -0.2) is 28.3 Å². The lowest BCUT2D eigenvalue weighted by molar-refractivity contribution is 0.0950. The molecule has 13 heavy (non-hydrogen) atoms. The minimum absolute atomic E-state index is 0.180. The van der Waals surface area contributed by atoms with Gasteiger partial charge in [-0.2, -0.15) is 0 Å². The molecule has 5 heteroatoms. The maximum Gasteiger partial charge on any atom is 0.271 e. The Morgan fingerprint density at radius 1 is 1.54 bits per heavy atom. The van der Waals surface area contributed by atoms with E-state index < -0.39 is 0 Å². The highest BCUT2D eigenvalue weighted by Gasteiger charge is 2.02. The van der Waals surface area contributed by atoms with E-state index in [0.29, 0.717) is 12.2 Å². The van der Waals surface area contributed by atoms with Crippen molar-refractivity contribution in [3.63, 3.8) is 0 Å². The standard InChI is InChI=1S/C7H9N3O.CH3Br/c1-2-9-7(11)6-5-8-3-4-10-6;1-2/h3-5H,2H2,1H3,(H,9,11);1H3. The fraction of sp³-hybridized carbons (Fsp3) is 0.375. The Bertz CT molecular complexity index is 240. The quantitative estimate of drug-likeness (QED) is 0.798. The van der Waals surface area contributed by atoms with Crippen LogP contribution in [0.5, 0.6) is 0 Å². The molecule has 0 atom stereocenters. The molecule has 0 aliphatic heterocycles. The summed E-state index contributed by atoms with van der Waals surface area (Å²) in [6, 6.07) is 0. The number of nitrogens with zero attached hydrogens (tertiary/aromatic N) is 2. The Balaban J connectivity index is 0.000000671. The van der Waals surface area contributed by atoms with E-state index in [9.17, 15) is 4.79 Å². The molecule has 4 nitrogen and oxygen atoms in total. The van der Waals surface area contributed by atoms with Crippen LogP contribution in [-0.2, 0) is 0 Å². The van der Waals surface area contributed by atoms with Gasteiger partial charge in [0.25, 0.3) is 5.91 Å². The summed E-state index contributed by atoms with van der Waals surface area (Å²) in [5.74, 6) is 1.63. The van der Waals surface area contributed by atoms with Crippen LogP contribution in [0.15, 0.2) is 18.6 Å². The van der Waals surface area contributed by atoms with Crippen molar-refractivity contribution in [3.8, 4) is 0 Å². The second-order valence-corrected chi connectivity index (χ2v) is 1.95. The second kappa shape index (κ2) is 7.67. The van der Waals surface area contributed by atoms with Crippen LogP contribution in [0.25, 0.3) is 0 Å². The van der Waals surface area contributed by atoms with Crippen LogP contribution >= 0.6 is 15.9 Å². The van der Waals surface area contributed by atoms with Gasteiger partial charge in [-0.05, 0) is 12.8 Å². The highest BCUT2D eigenvalue weighted by molar-refractivity contribution is 9.08.